The minimum Gasteiger partial charge on any atom is -0.452 e. The number of fused-ring (bicyclic) bond motifs is 1. The van der Waals surface area contributed by atoms with Crippen LogP contribution in [-0.2, 0) is 9.53 Å². The van der Waals surface area contributed by atoms with Gasteiger partial charge in [-0.25, -0.2) is 4.79 Å². The van der Waals surface area contributed by atoms with Crippen LogP contribution in [0.2, 0.25) is 0 Å². The zero-order valence-electron chi connectivity index (χ0n) is 13.5. The maximum atomic E-state index is 12.6. The van der Waals surface area contributed by atoms with Crippen molar-refractivity contribution in [2.75, 3.05) is 18.1 Å². The molecule has 1 atom stereocenters. The number of hydrogen-bond acceptors (Lipinski definition) is 4. The van der Waals surface area contributed by atoms with E-state index in [0.717, 1.165) is 17.0 Å². The lowest BCUT2D eigenvalue weighted by atomic mass is 10.2. The largest absolute Gasteiger partial charge is 0.452 e. The number of anilines is 1. The van der Waals surface area contributed by atoms with Gasteiger partial charge in [-0.2, -0.15) is 0 Å². The quantitative estimate of drug-likeness (QED) is 0.798. The summed E-state index contributed by atoms with van der Waals surface area (Å²) in [5, 5.41) is 0.441. The molecule has 0 radical (unpaired) electrons. The smallest absolute Gasteiger partial charge is 0.338 e. The molecule has 0 aliphatic carbocycles. The van der Waals surface area contributed by atoms with Crippen LogP contribution in [0.15, 0.2) is 59.5 Å². The number of para-hydroxylation sites is 1. The second-order valence-electron chi connectivity index (χ2n) is 5.67. The molecule has 0 aromatic heterocycles. The van der Waals surface area contributed by atoms with Crippen LogP contribution in [-0.4, -0.2) is 30.3 Å². The maximum absolute atomic E-state index is 12.6. The summed E-state index contributed by atoms with van der Waals surface area (Å²) in [6.45, 7) is 2.54. The van der Waals surface area contributed by atoms with Crippen molar-refractivity contribution in [3.05, 3.63) is 60.2 Å². The highest BCUT2D eigenvalue weighted by atomic mass is 32.2. The Labute approximate surface area is 145 Å². The predicted octanol–water partition coefficient (Wildman–Crippen LogP) is 3.76. The van der Waals surface area contributed by atoms with E-state index in [1.165, 1.54) is 0 Å². The number of amides is 1. The number of benzene rings is 2. The van der Waals surface area contributed by atoms with Gasteiger partial charge in [0.15, 0.2) is 6.61 Å². The number of hydrogen-bond donors (Lipinski definition) is 0. The first kappa shape index (κ1) is 16.6. The average Bonchev–Trinajstić information content (AvgIpc) is 2.78. The maximum Gasteiger partial charge on any atom is 0.338 e. The second kappa shape index (κ2) is 7.53. The van der Waals surface area contributed by atoms with Crippen molar-refractivity contribution < 1.29 is 14.3 Å². The average molecular weight is 341 g/mol. The number of ether oxygens (including phenoxy) is 1. The van der Waals surface area contributed by atoms with Crippen molar-refractivity contribution in [3.8, 4) is 0 Å². The molecule has 0 spiro atoms. The number of carbonyl (C=O) groups excluding carboxylic acids is 2. The van der Waals surface area contributed by atoms with Crippen LogP contribution in [0.4, 0.5) is 5.69 Å². The van der Waals surface area contributed by atoms with Crippen molar-refractivity contribution in [2.45, 2.75) is 23.5 Å². The van der Waals surface area contributed by atoms with Crippen LogP contribution in [0, 0.1) is 0 Å². The third-order valence-corrected chi connectivity index (χ3v) is 5.12. The Hall–Kier alpha value is -2.27. The molecular weight excluding hydrogens is 322 g/mol. The Bertz CT molecular complexity index is 732. The molecule has 1 aliphatic rings. The third kappa shape index (κ3) is 3.79. The van der Waals surface area contributed by atoms with E-state index >= 15 is 0 Å². The van der Waals surface area contributed by atoms with Crippen LogP contribution >= 0.6 is 11.8 Å². The normalized spacial score (nSPS) is 16.9. The minimum atomic E-state index is -0.477. The summed E-state index contributed by atoms with van der Waals surface area (Å²) in [6.07, 6.45) is 0.901. The van der Waals surface area contributed by atoms with Crippen LogP contribution < -0.4 is 4.90 Å². The molecule has 2 aromatic rings. The van der Waals surface area contributed by atoms with E-state index < -0.39 is 5.97 Å². The molecule has 0 fully saturated rings. The van der Waals surface area contributed by atoms with Gasteiger partial charge < -0.3 is 9.64 Å². The lowest BCUT2D eigenvalue weighted by molar-refractivity contribution is -0.121. The van der Waals surface area contributed by atoms with E-state index in [1.807, 2.05) is 30.3 Å². The van der Waals surface area contributed by atoms with Crippen molar-refractivity contribution in [1.29, 1.82) is 0 Å². The van der Waals surface area contributed by atoms with E-state index in [1.54, 1.807) is 40.9 Å². The summed E-state index contributed by atoms with van der Waals surface area (Å²) in [5.41, 5.74) is 1.35. The van der Waals surface area contributed by atoms with Crippen LogP contribution in [0.3, 0.4) is 0 Å². The van der Waals surface area contributed by atoms with E-state index in [4.69, 9.17) is 4.74 Å². The highest BCUT2D eigenvalue weighted by molar-refractivity contribution is 8.00. The first-order valence-electron chi connectivity index (χ1n) is 7.93. The van der Waals surface area contributed by atoms with Crippen molar-refractivity contribution in [1.82, 2.24) is 0 Å². The van der Waals surface area contributed by atoms with Gasteiger partial charge in [0.2, 0.25) is 0 Å². The Balaban J connectivity index is 1.70. The monoisotopic (exact) mass is 341 g/mol. The fourth-order valence-electron chi connectivity index (χ4n) is 2.61. The standard InChI is InChI=1S/C19H19NO3S/c1-14-11-12-20(16-9-5-6-10-17(16)24-14)18(21)13-23-19(22)15-7-3-2-4-8-15/h2-10,14H,11-13H2,1H3/t14-/m0/s1. The van der Waals surface area contributed by atoms with Gasteiger partial charge in [-0.05, 0) is 30.7 Å². The molecule has 0 bridgehead atoms. The van der Waals surface area contributed by atoms with E-state index in [2.05, 4.69) is 6.92 Å². The fraction of sp³-hybridized carbons (Fsp3) is 0.263. The molecule has 124 valence electrons. The van der Waals surface area contributed by atoms with Crippen molar-refractivity contribution >= 4 is 29.3 Å². The molecule has 2 aromatic carbocycles. The molecule has 4 nitrogen and oxygen atoms in total. The molecular formula is C19H19NO3S. The summed E-state index contributed by atoms with van der Waals surface area (Å²) in [4.78, 5) is 27.4. The molecule has 0 unspecified atom stereocenters. The predicted molar refractivity (Wildman–Crippen MR) is 95.5 cm³/mol. The Morgan fingerprint density at radius 2 is 1.83 bits per heavy atom. The first-order chi connectivity index (χ1) is 11.6. The SMILES string of the molecule is C[C@H]1CCN(C(=O)COC(=O)c2ccccc2)c2ccccc2S1. The van der Waals surface area contributed by atoms with Crippen molar-refractivity contribution in [2.24, 2.45) is 0 Å². The Morgan fingerprint density at radius 1 is 1.12 bits per heavy atom. The molecule has 3 rings (SSSR count). The van der Waals surface area contributed by atoms with Crippen LogP contribution in [0.5, 0.6) is 0 Å². The fourth-order valence-corrected chi connectivity index (χ4v) is 3.72. The molecule has 0 saturated heterocycles. The molecule has 1 aliphatic heterocycles. The Kier molecular flexibility index (Phi) is 5.20. The molecule has 1 amide bonds. The van der Waals surface area contributed by atoms with Crippen LogP contribution in [0.25, 0.3) is 0 Å². The van der Waals surface area contributed by atoms with Gasteiger partial charge in [0.25, 0.3) is 5.91 Å². The van der Waals surface area contributed by atoms with Gasteiger partial charge in [0.1, 0.15) is 0 Å². The van der Waals surface area contributed by atoms with Gasteiger partial charge >= 0.3 is 5.97 Å². The number of rotatable bonds is 3. The molecule has 5 heteroatoms. The Morgan fingerprint density at radius 3 is 2.62 bits per heavy atom. The van der Waals surface area contributed by atoms with E-state index in [0.29, 0.717) is 17.4 Å². The molecule has 0 saturated carbocycles. The zero-order valence-corrected chi connectivity index (χ0v) is 14.3. The number of nitrogens with zero attached hydrogens (tertiary/aromatic N) is 1. The zero-order chi connectivity index (χ0) is 16.9. The highest BCUT2D eigenvalue weighted by Gasteiger charge is 2.24. The molecule has 0 N–H and O–H groups in total. The third-order valence-electron chi connectivity index (χ3n) is 3.88. The summed E-state index contributed by atoms with van der Waals surface area (Å²) >= 11 is 1.77. The lowest BCUT2D eigenvalue weighted by Crippen LogP contribution is -2.35. The number of esters is 1. The number of carbonyl (C=O) groups is 2. The van der Waals surface area contributed by atoms with Gasteiger partial charge in [-0.3, -0.25) is 4.79 Å². The second-order valence-corrected chi connectivity index (χ2v) is 7.15. The minimum absolute atomic E-state index is 0.193. The summed E-state index contributed by atoms with van der Waals surface area (Å²) < 4.78 is 5.19. The molecule has 1 heterocycles. The van der Waals surface area contributed by atoms with E-state index in [9.17, 15) is 9.59 Å². The van der Waals surface area contributed by atoms with Gasteiger partial charge in [-0.15, -0.1) is 11.8 Å². The van der Waals surface area contributed by atoms with Crippen molar-refractivity contribution in [3.63, 3.8) is 0 Å². The topological polar surface area (TPSA) is 46.6 Å². The molecule has 24 heavy (non-hydrogen) atoms. The van der Waals surface area contributed by atoms with Gasteiger partial charge in [0, 0.05) is 16.7 Å². The van der Waals surface area contributed by atoms with Gasteiger partial charge in [0.05, 0.1) is 11.3 Å². The first-order valence-corrected chi connectivity index (χ1v) is 8.81. The lowest BCUT2D eigenvalue weighted by Gasteiger charge is -2.22. The van der Waals surface area contributed by atoms with Crippen LogP contribution in [0.1, 0.15) is 23.7 Å². The number of thioether (sulfide) groups is 1. The van der Waals surface area contributed by atoms with Gasteiger partial charge in [-0.1, -0.05) is 37.3 Å². The van der Waals surface area contributed by atoms with E-state index in [-0.39, 0.29) is 12.5 Å². The summed E-state index contributed by atoms with van der Waals surface area (Å²) in [6, 6.07) is 16.6. The highest BCUT2D eigenvalue weighted by Crippen LogP contribution is 2.37. The summed E-state index contributed by atoms with van der Waals surface area (Å²) in [5.74, 6) is -0.670. The summed E-state index contributed by atoms with van der Waals surface area (Å²) in [7, 11) is 0.